The molecule has 8 heteroatoms. The number of imidazole rings is 1. The zero-order valence-electron chi connectivity index (χ0n) is 18.1. The molecule has 0 unspecified atom stereocenters. The summed E-state index contributed by atoms with van der Waals surface area (Å²) in [5, 5.41) is 0. The zero-order chi connectivity index (χ0) is 22.7. The molecule has 0 amide bonds. The average molecular weight is 420 g/mol. The van der Waals surface area contributed by atoms with Crippen molar-refractivity contribution in [3.05, 3.63) is 116 Å². The van der Waals surface area contributed by atoms with Crippen molar-refractivity contribution < 1.29 is 4.79 Å². The minimum absolute atomic E-state index is 0.162. The van der Waals surface area contributed by atoms with Gasteiger partial charge in [-0.3, -0.25) is 0 Å². The first-order chi connectivity index (χ1) is 15.5. The number of aromatic nitrogens is 4. The van der Waals surface area contributed by atoms with Gasteiger partial charge in [-0.2, -0.15) is 0 Å². The van der Waals surface area contributed by atoms with E-state index in [1.807, 2.05) is 48.5 Å². The van der Waals surface area contributed by atoms with Crippen LogP contribution in [0.1, 0.15) is 27.2 Å². The molecule has 0 N–H and O–H groups in total. The summed E-state index contributed by atoms with van der Waals surface area (Å²) in [5.41, 5.74) is 2.09. The Balaban J connectivity index is 1.58. The van der Waals surface area contributed by atoms with Crippen LogP contribution in [-0.2, 0) is 19.5 Å². The van der Waals surface area contributed by atoms with Crippen molar-refractivity contribution >= 4 is 28.0 Å². The molecule has 0 aliphatic rings. The molecule has 0 aliphatic heterocycles. The van der Waals surface area contributed by atoms with Gasteiger partial charge in [-0.1, -0.05) is 0 Å². The molecule has 0 fully saturated rings. The molecule has 0 bridgehead atoms. The van der Waals surface area contributed by atoms with Crippen LogP contribution in [0.5, 0.6) is 0 Å². The van der Waals surface area contributed by atoms with Crippen LogP contribution in [0.25, 0.3) is 0 Å². The van der Waals surface area contributed by atoms with Gasteiger partial charge >= 0.3 is 194 Å². The van der Waals surface area contributed by atoms with Crippen molar-refractivity contribution in [2.24, 2.45) is 0 Å². The monoisotopic (exact) mass is 420 g/mol. The van der Waals surface area contributed by atoms with Gasteiger partial charge in [0, 0.05) is 0 Å². The third-order valence-electron chi connectivity index (χ3n) is 5.64. The first kappa shape index (κ1) is 21.8. The van der Waals surface area contributed by atoms with E-state index in [0.29, 0.717) is 34.2 Å². The zero-order valence-corrected chi connectivity index (χ0v) is 18.1. The summed E-state index contributed by atoms with van der Waals surface area (Å²) >= 11 is 1.78. The number of hydrogen-bond acceptors (Lipinski definition) is 4. The number of rotatable bonds is 6. The molecule has 32 heavy (non-hydrogen) atoms. The molecule has 0 saturated carbocycles. The Morgan fingerprint density at radius 2 is 1.62 bits per heavy atom. The second-order valence-electron chi connectivity index (χ2n) is 7.71. The predicted octanol–water partition coefficient (Wildman–Crippen LogP) is 1.29. The Bertz CT molecular complexity index is 1370. The predicted molar refractivity (Wildman–Crippen MR) is 123 cm³/mol. The van der Waals surface area contributed by atoms with E-state index in [4.69, 9.17) is 0 Å². The molecule has 0 radical (unpaired) electrons. The maximum atomic E-state index is 13.1. The summed E-state index contributed by atoms with van der Waals surface area (Å²) in [6, 6.07) is 18.4. The molecule has 0 spiro atoms. The molecule has 156 valence electrons. The number of benzene rings is 2. The van der Waals surface area contributed by atoms with Crippen molar-refractivity contribution in [2.45, 2.75) is 26.4 Å². The number of carbonyl (C=O) groups is 1. The van der Waals surface area contributed by atoms with Gasteiger partial charge in [0.05, 0.1) is 0 Å². The number of nitrogens with zero attached hydrogens (tertiary/aromatic N) is 4. The normalized spacial score (nSPS) is 11.0. The third-order valence-corrected chi connectivity index (χ3v) is 5.64. The number of carbonyl (C=O) groups excluding carboxylic acids is 1. The Kier molecular flexibility index (Phi) is 6.40. The quantitative estimate of drug-likeness (QED) is 0.441. The van der Waals surface area contributed by atoms with Gasteiger partial charge in [0.1, 0.15) is 0 Å². The Morgan fingerprint density at radius 3 is 2.31 bits per heavy atom. The molecule has 4 rings (SSSR count). The van der Waals surface area contributed by atoms with Crippen LogP contribution in [0, 0.1) is 6.92 Å². The number of aryl methyl sites for hydroxylation is 1. The fourth-order valence-electron chi connectivity index (χ4n) is 3.66. The summed E-state index contributed by atoms with van der Waals surface area (Å²) in [6.07, 6.45) is 3.63. The van der Waals surface area contributed by atoms with Crippen LogP contribution in [0.15, 0.2) is 82.8 Å². The van der Waals surface area contributed by atoms with Crippen LogP contribution in [-0.4, -0.2) is 42.3 Å². The van der Waals surface area contributed by atoms with Crippen LogP contribution in [0.3, 0.4) is 0 Å². The molecular weight excluding hydrogens is 399 g/mol. The maximum absolute atomic E-state index is 13.1. The topological polar surface area (TPSA) is 78.9 Å². The van der Waals surface area contributed by atoms with Gasteiger partial charge < -0.3 is 0 Å². The summed E-state index contributed by atoms with van der Waals surface area (Å²) in [6.45, 7) is 2.32. The van der Waals surface area contributed by atoms with E-state index in [1.54, 1.807) is 47.5 Å². The van der Waals surface area contributed by atoms with Crippen LogP contribution < -0.4 is 15.6 Å². The van der Waals surface area contributed by atoms with Crippen LogP contribution in [0.4, 0.5) is 0 Å². The van der Waals surface area contributed by atoms with Gasteiger partial charge in [-0.15, -0.1) is 0 Å². The SMILES string of the molecule is [Li][c]1c(C)c(=O)n(Cc2ccccc2)c(=O)n1CCc1cn(C(=O)c2ccccc2)cn1. The molecule has 0 aliphatic carbocycles. The Labute approximate surface area is 194 Å². The fourth-order valence-corrected chi connectivity index (χ4v) is 3.66. The molecule has 0 saturated heterocycles. The summed E-state index contributed by atoms with van der Waals surface area (Å²) < 4.78 is 4.97. The molecule has 4 aromatic rings. The summed E-state index contributed by atoms with van der Waals surface area (Å²) in [5.74, 6) is -0.162. The first-order valence-electron chi connectivity index (χ1n) is 10.4. The van der Waals surface area contributed by atoms with Crippen molar-refractivity contribution in [3.63, 3.8) is 0 Å². The fraction of sp³-hybridized carbons (Fsp3) is 0.167. The van der Waals surface area contributed by atoms with E-state index >= 15 is 0 Å². The molecular formula is C24H21LiN4O3. The van der Waals surface area contributed by atoms with Crippen molar-refractivity contribution in [1.82, 2.24) is 18.7 Å². The molecule has 0 atom stereocenters. The van der Waals surface area contributed by atoms with Gasteiger partial charge in [0.15, 0.2) is 0 Å². The van der Waals surface area contributed by atoms with Gasteiger partial charge in [-0.25, -0.2) is 0 Å². The van der Waals surface area contributed by atoms with E-state index in [1.165, 1.54) is 15.5 Å². The van der Waals surface area contributed by atoms with Crippen molar-refractivity contribution in [1.29, 1.82) is 0 Å². The Hall–Kier alpha value is -3.40. The van der Waals surface area contributed by atoms with Gasteiger partial charge in [-0.05, 0) is 0 Å². The molecule has 2 aromatic carbocycles. The Morgan fingerprint density at radius 1 is 0.969 bits per heavy atom. The molecule has 2 heterocycles. The van der Waals surface area contributed by atoms with E-state index in [9.17, 15) is 14.4 Å². The van der Waals surface area contributed by atoms with Crippen LogP contribution in [0.2, 0.25) is 0 Å². The van der Waals surface area contributed by atoms with Gasteiger partial charge in [0.2, 0.25) is 0 Å². The van der Waals surface area contributed by atoms with Gasteiger partial charge in [0.25, 0.3) is 0 Å². The first-order valence-corrected chi connectivity index (χ1v) is 10.4. The van der Waals surface area contributed by atoms with E-state index < -0.39 is 0 Å². The van der Waals surface area contributed by atoms with E-state index in [0.717, 1.165) is 5.56 Å². The second-order valence-corrected chi connectivity index (χ2v) is 7.71. The summed E-state index contributed by atoms with van der Waals surface area (Å²) in [7, 11) is 0. The van der Waals surface area contributed by atoms with Crippen LogP contribution >= 0.6 is 0 Å². The number of hydrogen-bond donors (Lipinski definition) is 0. The van der Waals surface area contributed by atoms with Crippen molar-refractivity contribution in [2.75, 3.05) is 0 Å². The molecule has 2 aromatic heterocycles. The second kappa shape index (κ2) is 9.39. The summed E-state index contributed by atoms with van der Waals surface area (Å²) in [4.78, 5) is 42.8. The third kappa shape index (κ3) is 4.45. The van der Waals surface area contributed by atoms with E-state index in [-0.39, 0.29) is 23.7 Å². The molecule has 7 nitrogen and oxygen atoms in total. The standard InChI is InChI=1S/C24H21N4O3.Li/c1-18-14-26(24(31)28(22(18)29)15-19-8-4-2-5-9-19)13-12-21-16-27(17-25-21)23(30)20-10-6-3-7-11-20;/h2-11,16-17H,12-13,15H2,1H3;. The van der Waals surface area contributed by atoms with Crippen molar-refractivity contribution in [3.8, 4) is 0 Å². The van der Waals surface area contributed by atoms with E-state index in [2.05, 4.69) is 4.98 Å². The average Bonchev–Trinajstić information content (AvgIpc) is 3.30. The minimum atomic E-state index is -0.346.